The molecule has 1 atom stereocenters. The molecule has 0 aliphatic heterocycles. The fourth-order valence-corrected chi connectivity index (χ4v) is 3.73. The molecule has 0 bridgehead atoms. The molecule has 6 nitrogen and oxygen atoms in total. The molecule has 142 valence electrons. The molecule has 1 unspecified atom stereocenters. The van der Waals surface area contributed by atoms with Gasteiger partial charge in [-0.2, -0.15) is 0 Å². The van der Waals surface area contributed by atoms with Gasteiger partial charge in [-0.15, -0.1) is 11.3 Å². The van der Waals surface area contributed by atoms with E-state index in [1.165, 1.54) is 11.6 Å². The Balaban J connectivity index is 1.53. The summed E-state index contributed by atoms with van der Waals surface area (Å²) < 4.78 is 5.09. The van der Waals surface area contributed by atoms with Crippen LogP contribution in [-0.2, 0) is 6.54 Å². The summed E-state index contributed by atoms with van der Waals surface area (Å²) in [6.45, 7) is 2.96. The van der Waals surface area contributed by atoms with Crippen molar-refractivity contribution in [2.45, 2.75) is 19.5 Å². The Kier molecular flexibility index (Phi) is 5.18. The lowest BCUT2D eigenvalue weighted by atomic mass is 10.1. The summed E-state index contributed by atoms with van der Waals surface area (Å²) in [4.78, 5) is 26.1. The van der Waals surface area contributed by atoms with Gasteiger partial charge >= 0.3 is 0 Å². The highest BCUT2D eigenvalue weighted by atomic mass is 32.1. The lowest BCUT2D eigenvalue weighted by Crippen LogP contribution is -2.21. The molecule has 0 fully saturated rings. The number of nitrogens with one attached hydrogen (secondary N) is 1. The second-order valence-electron chi connectivity index (χ2n) is 6.65. The first kappa shape index (κ1) is 18.3. The van der Waals surface area contributed by atoms with Gasteiger partial charge < -0.3 is 9.40 Å². The van der Waals surface area contributed by atoms with Crippen molar-refractivity contribution in [3.05, 3.63) is 81.4 Å². The van der Waals surface area contributed by atoms with Crippen molar-refractivity contribution in [3.8, 4) is 22.6 Å². The SMILES string of the molecule is CC(c1nccs1)N(C)Cc1ccc(-c2nc(-c3ccoc3)cc(=O)[nH]2)cc1. The van der Waals surface area contributed by atoms with Gasteiger partial charge in [0, 0.05) is 35.3 Å². The van der Waals surface area contributed by atoms with E-state index >= 15 is 0 Å². The largest absolute Gasteiger partial charge is 0.472 e. The van der Waals surface area contributed by atoms with Crippen LogP contribution in [0.25, 0.3) is 22.6 Å². The third kappa shape index (κ3) is 3.95. The van der Waals surface area contributed by atoms with E-state index in [-0.39, 0.29) is 11.6 Å². The molecule has 0 amide bonds. The molecule has 0 aliphatic rings. The topological polar surface area (TPSA) is 75.0 Å². The number of hydrogen-bond donors (Lipinski definition) is 1. The Bertz CT molecular complexity index is 1090. The van der Waals surface area contributed by atoms with Crippen LogP contribution in [-0.4, -0.2) is 26.9 Å². The average molecular weight is 392 g/mol. The van der Waals surface area contributed by atoms with Crippen LogP contribution in [0.1, 0.15) is 23.5 Å². The zero-order valence-electron chi connectivity index (χ0n) is 15.6. The second-order valence-corrected chi connectivity index (χ2v) is 7.58. The summed E-state index contributed by atoms with van der Waals surface area (Å²) >= 11 is 1.67. The Morgan fingerprint density at radius 2 is 2.04 bits per heavy atom. The molecule has 28 heavy (non-hydrogen) atoms. The monoisotopic (exact) mass is 392 g/mol. The molecule has 1 aromatic carbocycles. The van der Waals surface area contributed by atoms with E-state index in [2.05, 4.69) is 46.0 Å². The first-order valence-corrected chi connectivity index (χ1v) is 9.81. The van der Waals surface area contributed by atoms with Gasteiger partial charge in [-0.1, -0.05) is 24.3 Å². The van der Waals surface area contributed by atoms with Crippen molar-refractivity contribution in [1.82, 2.24) is 19.9 Å². The van der Waals surface area contributed by atoms with Gasteiger partial charge in [-0.3, -0.25) is 9.69 Å². The van der Waals surface area contributed by atoms with Crippen LogP contribution in [0, 0.1) is 0 Å². The predicted octanol–water partition coefficient (Wildman–Crippen LogP) is 4.35. The van der Waals surface area contributed by atoms with E-state index in [0.29, 0.717) is 11.5 Å². The molecule has 4 aromatic rings. The molecule has 3 heterocycles. The van der Waals surface area contributed by atoms with Crippen molar-refractivity contribution >= 4 is 11.3 Å². The quantitative estimate of drug-likeness (QED) is 0.528. The van der Waals surface area contributed by atoms with Crippen LogP contribution in [0.5, 0.6) is 0 Å². The minimum atomic E-state index is -0.192. The number of benzene rings is 1. The maximum absolute atomic E-state index is 12.0. The van der Waals surface area contributed by atoms with E-state index in [1.54, 1.807) is 29.9 Å². The molecular weight excluding hydrogens is 372 g/mol. The molecule has 0 spiro atoms. The van der Waals surface area contributed by atoms with Crippen LogP contribution in [0.15, 0.2) is 69.7 Å². The highest BCUT2D eigenvalue weighted by Gasteiger charge is 2.14. The molecular formula is C21H20N4O2S. The summed E-state index contributed by atoms with van der Waals surface area (Å²) in [5, 5.41) is 3.11. The highest BCUT2D eigenvalue weighted by molar-refractivity contribution is 7.09. The number of thiazole rings is 1. The molecule has 0 aliphatic carbocycles. The summed E-state index contributed by atoms with van der Waals surface area (Å²) in [7, 11) is 2.09. The Morgan fingerprint density at radius 3 is 2.71 bits per heavy atom. The summed E-state index contributed by atoms with van der Waals surface area (Å²) in [6.07, 6.45) is 4.98. The van der Waals surface area contributed by atoms with E-state index in [4.69, 9.17) is 4.42 Å². The van der Waals surface area contributed by atoms with Crippen molar-refractivity contribution in [1.29, 1.82) is 0 Å². The van der Waals surface area contributed by atoms with Crippen LogP contribution >= 0.6 is 11.3 Å². The van der Waals surface area contributed by atoms with Crippen LogP contribution in [0.2, 0.25) is 0 Å². The molecule has 0 saturated carbocycles. The van der Waals surface area contributed by atoms with E-state index in [1.807, 2.05) is 23.7 Å². The van der Waals surface area contributed by atoms with Crippen LogP contribution in [0.3, 0.4) is 0 Å². The maximum atomic E-state index is 12.0. The molecule has 4 rings (SSSR count). The number of aromatic amines is 1. The molecule has 7 heteroatoms. The zero-order valence-corrected chi connectivity index (χ0v) is 16.4. The Morgan fingerprint density at radius 1 is 1.21 bits per heavy atom. The van der Waals surface area contributed by atoms with E-state index < -0.39 is 0 Å². The lowest BCUT2D eigenvalue weighted by Gasteiger charge is -2.23. The number of aromatic nitrogens is 3. The number of nitrogens with zero attached hydrogens (tertiary/aromatic N) is 3. The van der Waals surface area contributed by atoms with Crippen molar-refractivity contribution < 1.29 is 4.42 Å². The van der Waals surface area contributed by atoms with Gasteiger partial charge in [0.25, 0.3) is 5.56 Å². The van der Waals surface area contributed by atoms with E-state index in [9.17, 15) is 4.79 Å². The van der Waals surface area contributed by atoms with Gasteiger partial charge in [-0.25, -0.2) is 9.97 Å². The second kappa shape index (κ2) is 7.92. The number of furan rings is 1. The zero-order chi connectivity index (χ0) is 19.5. The number of rotatable bonds is 6. The molecule has 0 radical (unpaired) electrons. The van der Waals surface area contributed by atoms with Gasteiger partial charge in [0.1, 0.15) is 10.8 Å². The first-order chi connectivity index (χ1) is 13.6. The van der Waals surface area contributed by atoms with Crippen molar-refractivity contribution in [2.24, 2.45) is 0 Å². The average Bonchev–Trinajstić information content (AvgIpc) is 3.41. The van der Waals surface area contributed by atoms with Crippen molar-refractivity contribution in [3.63, 3.8) is 0 Å². The van der Waals surface area contributed by atoms with Crippen LogP contribution in [0.4, 0.5) is 0 Å². The van der Waals surface area contributed by atoms with Gasteiger partial charge in [-0.05, 0) is 25.6 Å². The Labute approximate surface area is 166 Å². The smallest absolute Gasteiger partial charge is 0.251 e. The summed E-state index contributed by atoms with van der Waals surface area (Å²) in [5.41, 5.74) is 3.22. The standard InChI is InChI=1S/C21H20N4O2S/c1-14(21-22-8-10-28-21)25(2)12-15-3-5-16(6-4-15)20-23-18(11-19(26)24-20)17-7-9-27-13-17/h3-11,13-14H,12H2,1-2H3,(H,23,24,26). The normalized spacial score (nSPS) is 12.4. The van der Waals surface area contributed by atoms with Crippen LogP contribution < -0.4 is 5.56 Å². The molecule has 1 N–H and O–H groups in total. The fourth-order valence-electron chi connectivity index (χ4n) is 2.97. The minimum absolute atomic E-state index is 0.192. The predicted molar refractivity (Wildman–Crippen MR) is 110 cm³/mol. The third-order valence-electron chi connectivity index (χ3n) is 4.69. The minimum Gasteiger partial charge on any atom is -0.472 e. The molecule has 0 saturated heterocycles. The number of H-pyrrole nitrogens is 1. The summed E-state index contributed by atoms with van der Waals surface area (Å²) in [5.74, 6) is 0.541. The first-order valence-electron chi connectivity index (χ1n) is 8.93. The maximum Gasteiger partial charge on any atom is 0.251 e. The van der Waals surface area contributed by atoms with Gasteiger partial charge in [0.2, 0.25) is 0 Å². The third-order valence-corrected chi connectivity index (χ3v) is 5.63. The van der Waals surface area contributed by atoms with Gasteiger partial charge in [0.15, 0.2) is 0 Å². The lowest BCUT2D eigenvalue weighted by molar-refractivity contribution is 0.252. The van der Waals surface area contributed by atoms with Crippen molar-refractivity contribution in [2.75, 3.05) is 7.05 Å². The number of hydrogen-bond acceptors (Lipinski definition) is 6. The van der Waals surface area contributed by atoms with Gasteiger partial charge in [0.05, 0.1) is 24.3 Å². The summed E-state index contributed by atoms with van der Waals surface area (Å²) in [6, 6.07) is 11.6. The Hall–Kier alpha value is -3.03. The molecule has 3 aromatic heterocycles. The highest BCUT2D eigenvalue weighted by Crippen LogP contribution is 2.24. The fraction of sp³-hybridized carbons (Fsp3) is 0.190. The van der Waals surface area contributed by atoms with E-state index in [0.717, 1.165) is 22.7 Å².